The summed E-state index contributed by atoms with van der Waals surface area (Å²) >= 11 is 1.57. The van der Waals surface area contributed by atoms with Crippen LogP contribution in [0.15, 0.2) is 53.7 Å². The van der Waals surface area contributed by atoms with Crippen molar-refractivity contribution < 1.29 is 14.3 Å². The van der Waals surface area contributed by atoms with Crippen LogP contribution in [0.1, 0.15) is 6.92 Å². The van der Waals surface area contributed by atoms with Crippen LogP contribution in [0.25, 0.3) is 22.5 Å². The zero-order valence-corrected chi connectivity index (χ0v) is 16.9. The molecule has 7 heteroatoms. The molecular formula is C21H23N3O3S. The van der Waals surface area contributed by atoms with Crippen molar-refractivity contribution in [2.45, 2.75) is 12.1 Å². The lowest BCUT2D eigenvalue weighted by atomic mass is 10.0. The van der Waals surface area contributed by atoms with Crippen molar-refractivity contribution in [1.82, 2.24) is 15.3 Å². The normalized spacial score (nSPS) is 10.5. The molecule has 0 radical (unpaired) electrons. The average Bonchev–Trinajstić information content (AvgIpc) is 3.15. The molecule has 2 N–H and O–H groups in total. The number of nitrogens with zero attached hydrogens (tertiary/aromatic N) is 1. The van der Waals surface area contributed by atoms with Gasteiger partial charge in [-0.2, -0.15) is 0 Å². The van der Waals surface area contributed by atoms with Gasteiger partial charge < -0.3 is 19.8 Å². The van der Waals surface area contributed by atoms with Crippen LogP contribution in [-0.4, -0.2) is 42.4 Å². The van der Waals surface area contributed by atoms with Gasteiger partial charge in [0, 0.05) is 30.3 Å². The first-order chi connectivity index (χ1) is 13.6. The average molecular weight is 398 g/mol. The summed E-state index contributed by atoms with van der Waals surface area (Å²) in [7, 11) is 3.30. The highest BCUT2D eigenvalue weighted by molar-refractivity contribution is 7.99. The van der Waals surface area contributed by atoms with Gasteiger partial charge in [-0.25, -0.2) is 4.98 Å². The van der Waals surface area contributed by atoms with Crippen molar-refractivity contribution in [3.63, 3.8) is 0 Å². The van der Waals surface area contributed by atoms with E-state index in [9.17, 15) is 4.79 Å². The Bertz CT molecular complexity index is 856. The summed E-state index contributed by atoms with van der Waals surface area (Å²) in [5.74, 6) is 2.31. The lowest BCUT2D eigenvalue weighted by Crippen LogP contribution is -2.22. The molecule has 0 saturated heterocycles. The molecule has 0 bridgehead atoms. The number of thioether (sulfide) groups is 1. The largest absolute Gasteiger partial charge is 0.497 e. The SMILES string of the molecule is COc1ccc(-c2nc(SCCNC(C)=O)[nH]c2-c2ccc(OC)cc2)cc1. The lowest BCUT2D eigenvalue weighted by Gasteiger charge is -2.06. The van der Waals surface area contributed by atoms with E-state index in [1.807, 2.05) is 48.5 Å². The molecule has 0 aliphatic rings. The van der Waals surface area contributed by atoms with E-state index in [0.717, 1.165) is 44.9 Å². The fourth-order valence-electron chi connectivity index (χ4n) is 2.72. The molecule has 0 fully saturated rings. The van der Waals surface area contributed by atoms with Crippen LogP contribution in [0.2, 0.25) is 0 Å². The maximum Gasteiger partial charge on any atom is 0.216 e. The molecule has 1 aromatic heterocycles. The minimum Gasteiger partial charge on any atom is -0.497 e. The summed E-state index contributed by atoms with van der Waals surface area (Å²) < 4.78 is 10.5. The fraction of sp³-hybridized carbons (Fsp3) is 0.238. The van der Waals surface area contributed by atoms with Gasteiger partial charge in [0.25, 0.3) is 0 Å². The van der Waals surface area contributed by atoms with Crippen molar-refractivity contribution in [3.8, 4) is 34.0 Å². The summed E-state index contributed by atoms with van der Waals surface area (Å²) in [5, 5.41) is 3.60. The quantitative estimate of drug-likeness (QED) is 0.444. The lowest BCUT2D eigenvalue weighted by molar-refractivity contribution is -0.118. The Morgan fingerprint density at radius 3 is 2.11 bits per heavy atom. The van der Waals surface area contributed by atoms with Crippen LogP contribution in [0, 0.1) is 0 Å². The number of carbonyl (C=O) groups is 1. The van der Waals surface area contributed by atoms with E-state index >= 15 is 0 Å². The number of rotatable bonds is 8. The predicted molar refractivity (Wildman–Crippen MR) is 112 cm³/mol. The van der Waals surface area contributed by atoms with E-state index in [1.54, 1.807) is 26.0 Å². The second-order valence-corrected chi connectivity index (χ2v) is 7.14. The minimum atomic E-state index is -0.0297. The first-order valence-electron chi connectivity index (χ1n) is 8.87. The van der Waals surface area contributed by atoms with Crippen LogP contribution in [0.4, 0.5) is 0 Å². The van der Waals surface area contributed by atoms with Crippen LogP contribution < -0.4 is 14.8 Å². The number of nitrogens with one attached hydrogen (secondary N) is 2. The Kier molecular flexibility index (Phi) is 6.60. The summed E-state index contributed by atoms with van der Waals surface area (Å²) in [6.07, 6.45) is 0. The van der Waals surface area contributed by atoms with Crippen molar-refractivity contribution in [1.29, 1.82) is 0 Å². The molecule has 6 nitrogen and oxygen atoms in total. The fourth-order valence-corrected chi connectivity index (χ4v) is 3.45. The maximum atomic E-state index is 11.0. The van der Waals surface area contributed by atoms with Gasteiger partial charge in [0.05, 0.1) is 25.6 Å². The number of benzene rings is 2. The third kappa shape index (κ3) is 4.86. The molecule has 0 aliphatic carbocycles. The van der Waals surface area contributed by atoms with Crippen molar-refractivity contribution in [2.75, 3.05) is 26.5 Å². The number of amides is 1. The van der Waals surface area contributed by atoms with Gasteiger partial charge in [0.2, 0.25) is 5.91 Å². The molecule has 3 rings (SSSR count). The van der Waals surface area contributed by atoms with E-state index in [4.69, 9.17) is 14.5 Å². The molecule has 0 aliphatic heterocycles. The van der Waals surface area contributed by atoms with E-state index in [-0.39, 0.29) is 5.91 Å². The monoisotopic (exact) mass is 397 g/mol. The number of methoxy groups -OCH3 is 2. The van der Waals surface area contributed by atoms with E-state index in [2.05, 4.69) is 10.3 Å². The minimum absolute atomic E-state index is 0.0297. The molecule has 28 heavy (non-hydrogen) atoms. The van der Waals surface area contributed by atoms with Gasteiger partial charge in [-0.05, 0) is 48.5 Å². The molecule has 0 atom stereocenters. The molecule has 3 aromatic rings. The Morgan fingerprint density at radius 1 is 1.00 bits per heavy atom. The molecule has 146 valence electrons. The third-order valence-corrected chi connectivity index (χ3v) is 5.01. The number of aromatic nitrogens is 2. The molecule has 0 spiro atoms. The van der Waals surface area contributed by atoms with Crippen molar-refractivity contribution in [3.05, 3.63) is 48.5 Å². The third-order valence-electron chi connectivity index (χ3n) is 4.14. The van der Waals surface area contributed by atoms with Gasteiger partial charge in [-0.15, -0.1) is 0 Å². The topological polar surface area (TPSA) is 76.2 Å². The highest BCUT2D eigenvalue weighted by atomic mass is 32.2. The predicted octanol–water partition coefficient (Wildman–Crippen LogP) is 3.99. The molecule has 1 heterocycles. The van der Waals surface area contributed by atoms with Gasteiger partial charge in [0.15, 0.2) is 5.16 Å². The molecule has 0 unspecified atom stereocenters. The van der Waals surface area contributed by atoms with Gasteiger partial charge >= 0.3 is 0 Å². The zero-order chi connectivity index (χ0) is 19.9. The smallest absolute Gasteiger partial charge is 0.216 e. The standard InChI is InChI=1S/C21H23N3O3S/c1-14(25)22-12-13-28-21-23-19(15-4-8-17(26-2)9-5-15)20(24-21)16-6-10-18(27-3)11-7-16/h4-11H,12-13H2,1-3H3,(H,22,25)(H,23,24). The van der Waals surface area contributed by atoms with Crippen LogP contribution >= 0.6 is 11.8 Å². The maximum absolute atomic E-state index is 11.0. The number of carbonyl (C=O) groups excluding carboxylic acids is 1. The first-order valence-corrected chi connectivity index (χ1v) is 9.85. The number of H-pyrrole nitrogens is 1. The van der Waals surface area contributed by atoms with E-state index in [1.165, 1.54) is 6.92 Å². The molecule has 2 aromatic carbocycles. The van der Waals surface area contributed by atoms with Crippen LogP contribution in [0.3, 0.4) is 0 Å². The zero-order valence-electron chi connectivity index (χ0n) is 16.1. The second kappa shape index (κ2) is 9.32. The molecule has 1 amide bonds. The Balaban J connectivity index is 1.91. The number of imidazole rings is 1. The van der Waals surface area contributed by atoms with Gasteiger partial charge in [-0.1, -0.05) is 11.8 Å². The Labute approximate surface area is 168 Å². The Hall–Kier alpha value is -2.93. The van der Waals surface area contributed by atoms with Crippen molar-refractivity contribution >= 4 is 17.7 Å². The summed E-state index contributed by atoms with van der Waals surface area (Å²) in [5.41, 5.74) is 3.83. The highest BCUT2D eigenvalue weighted by Gasteiger charge is 2.15. The molecule has 0 saturated carbocycles. The number of hydrogen-bond donors (Lipinski definition) is 2. The highest BCUT2D eigenvalue weighted by Crippen LogP contribution is 2.34. The summed E-state index contributed by atoms with van der Waals surface area (Å²) in [4.78, 5) is 19.2. The van der Waals surface area contributed by atoms with Gasteiger partial charge in [0.1, 0.15) is 11.5 Å². The van der Waals surface area contributed by atoms with Crippen LogP contribution in [-0.2, 0) is 4.79 Å². The van der Waals surface area contributed by atoms with Crippen LogP contribution in [0.5, 0.6) is 11.5 Å². The number of aromatic amines is 1. The summed E-state index contributed by atoms with van der Waals surface area (Å²) in [6, 6.07) is 15.7. The second-order valence-electron chi connectivity index (χ2n) is 6.05. The Morgan fingerprint density at radius 2 is 1.57 bits per heavy atom. The summed E-state index contributed by atoms with van der Waals surface area (Å²) in [6.45, 7) is 2.11. The van der Waals surface area contributed by atoms with Gasteiger partial charge in [-0.3, -0.25) is 4.79 Å². The number of hydrogen-bond acceptors (Lipinski definition) is 5. The molecular weight excluding hydrogens is 374 g/mol. The first kappa shape index (κ1) is 19.8. The number of ether oxygens (including phenoxy) is 2. The van der Waals surface area contributed by atoms with E-state index < -0.39 is 0 Å². The van der Waals surface area contributed by atoms with Crippen molar-refractivity contribution in [2.24, 2.45) is 0 Å². The van der Waals surface area contributed by atoms with E-state index in [0.29, 0.717) is 6.54 Å².